The Kier molecular flexibility index (Phi) is 4.24. The van der Waals surface area contributed by atoms with E-state index in [1.807, 2.05) is 0 Å². The van der Waals surface area contributed by atoms with Gasteiger partial charge in [-0.15, -0.1) is 11.6 Å². The summed E-state index contributed by atoms with van der Waals surface area (Å²) in [5.41, 5.74) is 1.25. The number of benzene rings is 1. The zero-order chi connectivity index (χ0) is 12.3. The van der Waals surface area contributed by atoms with E-state index in [1.54, 1.807) is 6.92 Å². The first-order valence-electron chi connectivity index (χ1n) is 4.61. The lowest BCUT2D eigenvalue weighted by atomic mass is 10.0. The molecule has 0 N–H and O–H groups in total. The minimum atomic E-state index is -2.86. The second-order valence-corrected chi connectivity index (χ2v) is 3.81. The number of ether oxygens (including phenoxy) is 1. The highest BCUT2D eigenvalue weighted by Crippen LogP contribution is 2.28. The molecular weight excluding hydrogens is 238 g/mol. The van der Waals surface area contributed by atoms with Crippen LogP contribution in [0.5, 0.6) is 5.75 Å². The number of alkyl halides is 3. The molecule has 5 heteroatoms. The summed E-state index contributed by atoms with van der Waals surface area (Å²) in [5.74, 6) is -0.129. The lowest BCUT2D eigenvalue weighted by Crippen LogP contribution is -2.05. The van der Waals surface area contributed by atoms with Crippen LogP contribution in [0.15, 0.2) is 18.2 Å². The van der Waals surface area contributed by atoms with Gasteiger partial charge in [-0.3, -0.25) is 4.79 Å². The molecule has 0 heterocycles. The first-order valence-corrected chi connectivity index (χ1v) is 5.05. The number of hydrogen-bond acceptors (Lipinski definition) is 2. The van der Waals surface area contributed by atoms with E-state index < -0.39 is 12.0 Å². The second-order valence-electron chi connectivity index (χ2n) is 3.37. The van der Waals surface area contributed by atoms with Gasteiger partial charge in [0.25, 0.3) is 0 Å². The molecule has 0 saturated heterocycles. The van der Waals surface area contributed by atoms with Crippen molar-refractivity contribution in [3.05, 3.63) is 29.3 Å². The van der Waals surface area contributed by atoms with E-state index in [4.69, 9.17) is 11.6 Å². The van der Waals surface area contributed by atoms with Crippen molar-refractivity contribution in [3.63, 3.8) is 0 Å². The molecule has 0 aliphatic rings. The maximum absolute atomic E-state index is 11.9. The third-order valence-electron chi connectivity index (χ3n) is 2.10. The average molecular weight is 249 g/mol. The molecule has 0 aromatic heterocycles. The van der Waals surface area contributed by atoms with Gasteiger partial charge in [-0.1, -0.05) is 6.07 Å². The van der Waals surface area contributed by atoms with E-state index in [9.17, 15) is 13.6 Å². The first-order chi connectivity index (χ1) is 7.41. The third kappa shape index (κ3) is 3.17. The highest BCUT2D eigenvalue weighted by molar-refractivity contribution is 6.30. The summed E-state index contributed by atoms with van der Waals surface area (Å²) < 4.78 is 28.1. The molecule has 1 rings (SSSR count). The minimum absolute atomic E-state index is 0.0590. The van der Waals surface area contributed by atoms with Crippen LogP contribution < -0.4 is 4.74 Å². The van der Waals surface area contributed by atoms with Gasteiger partial charge in [0, 0.05) is 0 Å². The summed E-state index contributed by atoms with van der Waals surface area (Å²) in [6, 6.07) is 4.32. The second kappa shape index (κ2) is 5.25. The molecule has 1 atom stereocenters. The Bertz CT molecular complexity index is 394. The SMILES string of the molecule is CC(=O)C(Cl)c1ccc(OC(F)F)cc1C. The van der Waals surface area contributed by atoms with Gasteiger partial charge in [-0.2, -0.15) is 8.78 Å². The fourth-order valence-electron chi connectivity index (χ4n) is 1.33. The molecule has 0 saturated carbocycles. The van der Waals surface area contributed by atoms with E-state index in [2.05, 4.69) is 4.74 Å². The molecule has 1 aromatic rings. The van der Waals surface area contributed by atoms with Crippen LogP contribution in [0.2, 0.25) is 0 Å². The number of carbonyl (C=O) groups is 1. The van der Waals surface area contributed by atoms with Gasteiger partial charge in [0.15, 0.2) is 5.78 Å². The number of halogens is 3. The molecule has 0 bridgehead atoms. The van der Waals surface area contributed by atoms with Gasteiger partial charge in [-0.25, -0.2) is 0 Å². The minimum Gasteiger partial charge on any atom is -0.435 e. The number of hydrogen-bond donors (Lipinski definition) is 0. The maximum atomic E-state index is 11.9. The molecule has 0 aliphatic carbocycles. The summed E-state index contributed by atoms with van der Waals surface area (Å²) in [6.07, 6.45) is 0. The fraction of sp³-hybridized carbons (Fsp3) is 0.364. The topological polar surface area (TPSA) is 26.3 Å². The van der Waals surface area contributed by atoms with E-state index in [0.717, 1.165) is 0 Å². The van der Waals surface area contributed by atoms with Crippen LogP contribution >= 0.6 is 11.6 Å². The van der Waals surface area contributed by atoms with Crippen LogP contribution in [-0.2, 0) is 4.79 Å². The van der Waals surface area contributed by atoms with Crippen LogP contribution in [0.1, 0.15) is 23.4 Å². The highest BCUT2D eigenvalue weighted by atomic mass is 35.5. The van der Waals surface area contributed by atoms with Gasteiger partial charge in [0.2, 0.25) is 0 Å². The zero-order valence-corrected chi connectivity index (χ0v) is 9.59. The summed E-state index contributed by atoms with van der Waals surface area (Å²) in [4.78, 5) is 11.1. The Morgan fingerprint density at radius 2 is 2.06 bits per heavy atom. The van der Waals surface area contributed by atoms with Crippen LogP contribution in [0.4, 0.5) is 8.78 Å². The van der Waals surface area contributed by atoms with E-state index in [1.165, 1.54) is 25.1 Å². The summed E-state index contributed by atoms with van der Waals surface area (Å²) in [6.45, 7) is 0.206. The average Bonchev–Trinajstić information content (AvgIpc) is 2.15. The Labute approximate surface area is 97.2 Å². The Morgan fingerprint density at radius 3 is 2.50 bits per heavy atom. The predicted octanol–water partition coefficient (Wildman–Crippen LogP) is 3.47. The fourth-order valence-corrected chi connectivity index (χ4v) is 1.57. The van der Waals surface area contributed by atoms with Crippen molar-refractivity contribution in [1.29, 1.82) is 0 Å². The smallest absolute Gasteiger partial charge is 0.387 e. The van der Waals surface area contributed by atoms with Crippen molar-refractivity contribution >= 4 is 17.4 Å². The Morgan fingerprint density at radius 1 is 1.44 bits per heavy atom. The van der Waals surface area contributed by atoms with Crippen LogP contribution in [-0.4, -0.2) is 12.4 Å². The normalized spacial score (nSPS) is 12.6. The zero-order valence-electron chi connectivity index (χ0n) is 8.84. The molecule has 0 radical (unpaired) electrons. The van der Waals surface area contributed by atoms with Crippen molar-refractivity contribution in [2.75, 3.05) is 0 Å². The molecule has 0 aliphatic heterocycles. The maximum Gasteiger partial charge on any atom is 0.387 e. The van der Waals surface area contributed by atoms with E-state index in [0.29, 0.717) is 11.1 Å². The van der Waals surface area contributed by atoms with Crippen molar-refractivity contribution in [1.82, 2.24) is 0 Å². The quantitative estimate of drug-likeness (QED) is 0.763. The molecule has 16 heavy (non-hydrogen) atoms. The van der Waals surface area contributed by atoms with Crippen LogP contribution in [0.3, 0.4) is 0 Å². The largest absolute Gasteiger partial charge is 0.435 e. The molecule has 0 spiro atoms. The molecule has 2 nitrogen and oxygen atoms in total. The molecule has 1 unspecified atom stereocenters. The molecule has 88 valence electrons. The summed E-state index contributed by atoms with van der Waals surface area (Å²) in [7, 11) is 0. The number of ketones is 1. The van der Waals surface area contributed by atoms with E-state index in [-0.39, 0.29) is 11.5 Å². The Balaban J connectivity index is 2.95. The van der Waals surface area contributed by atoms with Crippen molar-refractivity contribution in [2.45, 2.75) is 25.8 Å². The van der Waals surface area contributed by atoms with Gasteiger partial charge >= 0.3 is 6.61 Å². The third-order valence-corrected chi connectivity index (χ3v) is 2.64. The first kappa shape index (κ1) is 12.9. The Hall–Kier alpha value is -1.16. The number of carbonyl (C=O) groups excluding carboxylic acids is 1. The summed E-state index contributed by atoms with van der Waals surface area (Å²) in [5, 5.41) is -0.749. The van der Waals surface area contributed by atoms with Crippen molar-refractivity contribution < 1.29 is 18.3 Å². The predicted molar refractivity (Wildman–Crippen MR) is 57.1 cm³/mol. The van der Waals surface area contributed by atoms with E-state index >= 15 is 0 Å². The van der Waals surface area contributed by atoms with Gasteiger partial charge in [-0.05, 0) is 37.1 Å². The molecule has 0 amide bonds. The molecular formula is C11H11ClF2O2. The molecule has 1 aromatic carbocycles. The number of Topliss-reactive ketones (excluding diaryl/α,β-unsaturated/α-hetero) is 1. The lowest BCUT2D eigenvalue weighted by molar-refractivity contribution is -0.116. The van der Waals surface area contributed by atoms with Crippen LogP contribution in [0, 0.1) is 6.92 Å². The van der Waals surface area contributed by atoms with Crippen molar-refractivity contribution in [2.24, 2.45) is 0 Å². The summed E-state index contributed by atoms with van der Waals surface area (Å²) >= 11 is 5.87. The van der Waals surface area contributed by atoms with Gasteiger partial charge < -0.3 is 4.74 Å². The van der Waals surface area contributed by atoms with Crippen LogP contribution in [0.25, 0.3) is 0 Å². The monoisotopic (exact) mass is 248 g/mol. The highest BCUT2D eigenvalue weighted by Gasteiger charge is 2.16. The lowest BCUT2D eigenvalue weighted by Gasteiger charge is -2.11. The van der Waals surface area contributed by atoms with Crippen molar-refractivity contribution in [3.8, 4) is 5.75 Å². The van der Waals surface area contributed by atoms with Gasteiger partial charge in [0.05, 0.1) is 0 Å². The van der Waals surface area contributed by atoms with Gasteiger partial charge in [0.1, 0.15) is 11.1 Å². The molecule has 0 fully saturated rings. The number of aryl methyl sites for hydroxylation is 1. The number of rotatable bonds is 4. The standard InChI is InChI=1S/C11H11ClF2O2/c1-6-5-8(16-11(13)14)3-4-9(6)10(12)7(2)15/h3-5,10-11H,1-2H3.